The molecular formula is C12H26O3Si. The Morgan fingerprint density at radius 2 is 1.94 bits per heavy atom. The van der Waals surface area contributed by atoms with Crippen LogP contribution in [0.4, 0.5) is 0 Å². The first-order valence-electron chi connectivity index (χ1n) is 6.33. The normalized spacial score (nSPS) is 19.5. The van der Waals surface area contributed by atoms with Crippen LogP contribution in [0, 0.1) is 5.41 Å². The van der Waals surface area contributed by atoms with Gasteiger partial charge in [-0.1, -0.05) is 20.3 Å². The zero-order valence-corrected chi connectivity index (χ0v) is 12.2. The van der Waals surface area contributed by atoms with E-state index in [0.29, 0.717) is 6.79 Å². The maximum atomic E-state index is 5.85. The van der Waals surface area contributed by atoms with Crippen molar-refractivity contribution in [2.75, 3.05) is 26.6 Å². The lowest BCUT2D eigenvalue weighted by molar-refractivity contribution is -0.163. The number of ether oxygens (including phenoxy) is 2. The SMILES string of the molecule is CCC[Si](C)(C)OCOCC1(CC)COC1. The maximum Gasteiger partial charge on any atom is 0.189 e. The molecule has 0 aromatic heterocycles. The minimum Gasteiger partial charge on any atom is -0.395 e. The van der Waals surface area contributed by atoms with E-state index in [9.17, 15) is 0 Å². The third-order valence-corrected chi connectivity index (χ3v) is 5.96. The van der Waals surface area contributed by atoms with Crippen molar-refractivity contribution in [1.82, 2.24) is 0 Å². The summed E-state index contributed by atoms with van der Waals surface area (Å²) >= 11 is 0. The summed E-state index contributed by atoms with van der Waals surface area (Å²) in [6.07, 6.45) is 2.33. The molecule has 0 N–H and O–H groups in total. The zero-order valence-electron chi connectivity index (χ0n) is 11.2. The van der Waals surface area contributed by atoms with Gasteiger partial charge in [-0.25, -0.2) is 0 Å². The van der Waals surface area contributed by atoms with Crippen LogP contribution in [0.3, 0.4) is 0 Å². The van der Waals surface area contributed by atoms with Crippen LogP contribution in [0.15, 0.2) is 0 Å². The van der Waals surface area contributed by atoms with Gasteiger partial charge in [-0.2, -0.15) is 0 Å². The van der Waals surface area contributed by atoms with Crippen molar-refractivity contribution in [3.8, 4) is 0 Å². The molecule has 0 unspecified atom stereocenters. The molecule has 0 aromatic carbocycles. The Morgan fingerprint density at radius 3 is 2.38 bits per heavy atom. The predicted molar refractivity (Wildman–Crippen MR) is 68.0 cm³/mol. The molecule has 1 saturated heterocycles. The molecule has 0 spiro atoms. The Balaban J connectivity index is 2.11. The highest BCUT2D eigenvalue weighted by Gasteiger charge is 2.37. The first-order valence-corrected chi connectivity index (χ1v) is 9.44. The fraction of sp³-hybridized carbons (Fsp3) is 1.00. The van der Waals surface area contributed by atoms with E-state index in [4.69, 9.17) is 13.9 Å². The van der Waals surface area contributed by atoms with Crippen LogP contribution in [0.5, 0.6) is 0 Å². The molecule has 0 bridgehead atoms. The van der Waals surface area contributed by atoms with Gasteiger partial charge < -0.3 is 13.9 Å². The summed E-state index contributed by atoms with van der Waals surface area (Å²) in [7, 11) is -1.46. The van der Waals surface area contributed by atoms with Gasteiger partial charge in [0.05, 0.1) is 19.8 Å². The largest absolute Gasteiger partial charge is 0.395 e. The summed E-state index contributed by atoms with van der Waals surface area (Å²) in [6.45, 7) is 11.8. The lowest BCUT2D eigenvalue weighted by Gasteiger charge is -2.40. The molecule has 1 fully saturated rings. The van der Waals surface area contributed by atoms with Crippen molar-refractivity contribution in [2.24, 2.45) is 5.41 Å². The fourth-order valence-corrected chi connectivity index (χ4v) is 3.66. The Hall–Kier alpha value is 0.0969. The highest BCUT2D eigenvalue weighted by molar-refractivity contribution is 6.71. The van der Waals surface area contributed by atoms with Crippen LogP contribution in [-0.2, 0) is 13.9 Å². The number of hydrogen-bond acceptors (Lipinski definition) is 3. The molecule has 4 heteroatoms. The quantitative estimate of drug-likeness (QED) is 0.374. The van der Waals surface area contributed by atoms with Crippen molar-refractivity contribution in [1.29, 1.82) is 0 Å². The monoisotopic (exact) mass is 246 g/mol. The average Bonchev–Trinajstić information content (AvgIpc) is 2.15. The summed E-state index contributed by atoms with van der Waals surface area (Å²) < 4.78 is 16.8. The highest BCUT2D eigenvalue weighted by Crippen LogP contribution is 2.31. The minimum absolute atomic E-state index is 0.278. The molecule has 0 aliphatic carbocycles. The van der Waals surface area contributed by atoms with Crippen molar-refractivity contribution in [3.63, 3.8) is 0 Å². The van der Waals surface area contributed by atoms with Gasteiger partial charge in [0.2, 0.25) is 0 Å². The molecule has 0 atom stereocenters. The summed E-state index contributed by atoms with van der Waals surface area (Å²) in [6, 6.07) is 1.21. The third kappa shape index (κ3) is 4.16. The van der Waals surface area contributed by atoms with Gasteiger partial charge in [-0.05, 0) is 25.6 Å². The topological polar surface area (TPSA) is 27.7 Å². The average molecular weight is 246 g/mol. The Morgan fingerprint density at radius 1 is 1.25 bits per heavy atom. The Bertz CT molecular complexity index is 197. The van der Waals surface area contributed by atoms with E-state index in [1.54, 1.807) is 0 Å². The molecule has 1 rings (SSSR count). The molecule has 0 radical (unpaired) electrons. The second kappa shape index (κ2) is 6.14. The molecule has 1 heterocycles. The second-order valence-electron chi connectivity index (χ2n) is 5.47. The summed E-state index contributed by atoms with van der Waals surface area (Å²) in [4.78, 5) is 0. The van der Waals surface area contributed by atoms with Crippen LogP contribution in [0.25, 0.3) is 0 Å². The fourth-order valence-electron chi connectivity index (χ4n) is 1.91. The number of hydrogen-bond donors (Lipinski definition) is 0. The lowest BCUT2D eigenvalue weighted by atomic mass is 9.84. The van der Waals surface area contributed by atoms with Crippen molar-refractivity contribution < 1.29 is 13.9 Å². The van der Waals surface area contributed by atoms with Crippen molar-refractivity contribution in [2.45, 2.75) is 45.8 Å². The van der Waals surface area contributed by atoms with E-state index < -0.39 is 8.32 Å². The lowest BCUT2D eigenvalue weighted by Crippen LogP contribution is -2.46. The first-order chi connectivity index (χ1) is 7.54. The van der Waals surface area contributed by atoms with Gasteiger partial charge in [0.25, 0.3) is 0 Å². The van der Waals surface area contributed by atoms with Crippen LogP contribution < -0.4 is 0 Å². The van der Waals surface area contributed by atoms with E-state index in [0.717, 1.165) is 26.2 Å². The third-order valence-electron chi connectivity index (χ3n) is 3.36. The molecule has 0 aromatic rings. The predicted octanol–water partition coefficient (Wildman–Crippen LogP) is 3.02. The first kappa shape index (κ1) is 14.2. The molecule has 1 aliphatic heterocycles. The molecule has 3 nitrogen and oxygen atoms in total. The summed E-state index contributed by atoms with van der Waals surface area (Å²) in [5, 5.41) is 0. The smallest absolute Gasteiger partial charge is 0.189 e. The standard InChI is InChI=1S/C12H26O3Si/c1-5-7-16(3,4)15-11-14-10-12(6-2)8-13-9-12/h5-11H2,1-4H3. The molecule has 16 heavy (non-hydrogen) atoms. The van der Waals surface area contributed by atoms with Gasteiger partial charge in [-0.3, -0.25) is 0 Å². The van der Waals surface area contributed by atoms with Crippen LogP contribution in [0.2, 0.25) is 19.1 Å². The van der Waals surface area contributed by atoms with Crippen molar-refractivity contribution in [3.05, 3.63) is 0 Å². The van der Waals surface area contributed by atoms with Gasteiger partial charge >= 0.3 is 0 Å². The van der Waals surface area contributed by atoms with E-state index in [1.165, 1.54) is 12.5 Å². The van der Waals surface area contributed by atoms with Crippen LogP contribution >= 0.6 is 0 Å². The van der Waals surface area contributed by atoms with E-state index in [-0.39, 0.29) is 5.41 Å². The Labute approximate surface area is 101 Å². The van der Waals surface area contributed by atoms with E-state index in [2.05, 4.69) is 26.9 Å². The van der Waals surface area contributed by atoms with Gasteiger partial charge in [0.15, 0.2) is 8.32 Å². The molecule has 96 valence electrons. The summed E-state index contributed by atoms with van der Waals surface area (Å²) in [5.41, 5.74) is 0.278. The summed E-state index contributed by atoms with van der Waals surface area (Å²) in [5.74, 6) is 0. The van der Waals surface area contributed by atoms with Crippen LogP contribution in [-0.4, -0.2) is 34.9 Å². The maximum absolute atomic E-state index is 5.85. The van der Waals surface area contributed by atoms with Crippen molar-refractivity contribution >= 4 is 8.32 Å². The van der Waals surface area contributed by atoms with Gasteiger partial charge in [0, 0.05) is 5.41 Å². The number of rotatable bonds is 8. The van der Waals surface area contributed by atoms with Gasteiger partial charge in [-0.15, -0.1) is 0 Å². The molecular weight excluding hydrogens is 220 g/mol. The molecule has 1 aliphatic rings. The van der Waals surface area contributed by atoms with Crippen LogP contribution in [0.1, 0.15) is 26.7 Å². The Kier molecular flexibility index (Phi) is 5.44. The highest BCUT2D eigenvalue weighted by atomic mass is 28.4. The van der Waals surface area contributed by atoms with E-state index >= 15 is 0 Å². The molecule has 0 amide bonds. The second-order valence-corrected chi connectivity index (χ2v) is 9.77. The minimum atomic E-state index is -1.46. The van der Waals surface area contributed by atoms with E-state index in [1.807, 2.05) is 0 Å². The van der Waals surface area contributed by atoms with Gasteiger partial charge in [0.1, 0.15) is 6.79 Å². The molecule has 0 saturated carbocycles. The zero-order chi connectivity index (χ0) is 12.1.